The third kappa shape index (κ3) is 4.90. The van der Waals surface area contributed by atoms with E-state index in [0.717, 1.165) is 24.0 Å². The van der Waals surface area contributed by atoms with Crippen LogP contribution in [0.3, 0.4) is 0 Å². The highest BCUT2D eigenvalue weighted by Gasteiger charge is 2.34. The molecule has 1 aliphatic heterocycles. The molecule has 0 saturated carbocycles. The third-order valence-electron chi connectivity index (χ3n) is 4.61. The van der Waals surface area contributed by atoms with Gasteiger partial charge in [-0.1, -0.05) is 17.8 Å². The van der Waals surface area contributed by atoms with Gasteiger partial charge < -0.3 is 9.30 Å². The molecule has 158 valence electrons. The van der Waals surface area contributed by atoms with Crippen LogP contribution >= 0.6 is 11.3 Å². The monoisotopic (exact) mass is 443 g/mol. The lowest BCUT2D eigenvalue weighted by Gasteiger charge is -2.31. The number of piperidine rings is 1. The van der Waals surface area contributed by atoms with E-state index in [1.54, 1.807) is 6.92 Å². The molecule has 11 heteroatoms. The number of fused-ring (bicyclic) bond motifs is 1. The van der Waals surface area contributed by atoms with E-state index in [9.17, 15) is 22.4 Å². The van der Waals surface area contributed by atoms with Crippen molar-refractivity contribution in [3.63, 3.8) is 0 Å². The molecule has 0 bridgehead atoms. The molecular formula is C18H22FN3O5S2. The standard InChI is InChI=1S/C18H22FN3O5S2/c1-3-27-16(23)11-21-13-8-7-12(19)10-15(13)28-18(21)20-17(24)14-6-4-5-9-22(14)29(2,25)26/h7-8,10,14H,3-6,9,11H2,1-2H3. The number of esters is 1. The topological polar surface area (TPSA) is 98.0 Å². The lowest BCUT2D eigenvalue weighted by atomic mass is 10.0. The van der Waals surface area contributed by atoms with E-state index in [0.29, 0.717) is 23.1 Å². The summed E-state index contributed by atoms with van der Waals surface area (Å²) in [6, 6.07) is 3.19. The van der Waals surface area contributed by atoms with Crippen molar-refractivity contribution in [2.75, 3.05) is 19.4 Å². The summed E-state index contributed by atoms with van der Waals surface area (Å²) in [6.07, 6.45) is 2.86. The Bertz CT molecular complexity index is 1110. The first-order valence-corrected chi connectivity index (χ1v) is 11.9. The minimum Gasteiger partial charge on any atom is -0.465 e. The number of rotatable bonds is 5. The van der Waals surface area contributed by atoms with Crippen LogP contribution in [0.15, 0.2) is 23.2 Å². The molecule has 1 aliphatic rings. The molecule has 0 aliphatic carbocycles. The Morgan fingerprint density at radius 1 is 1.34 bits per heavy atom. The number of amides is 1. The number of aromatic nitrogens is 1. The molecule has 3 rings (SSSR count). The number of carbonyl (C=O) groups excluding carboxylic acids is 2. The Balaban J connectivity index is 2.06. The van der Waals surface area contributed by atoms with Crippen LogP contribution in [0.1, 0.15) is 26.2 Å². The van der Waals surface area contributed by atoms with Crippen LogP contribution < -0.4 is 4.80 Å². The van der Waals surface area contributed by atoms with Gasteiger partial charge in [-0.2, -0.15) is 9.30 Å². The number of hydrogen-bond donors (Lipinski definition) is 0. The fraction of sp³-hybridized carbons (Fsp3) is 0.500. The number of ether oxygens (including phenoxy) is 1. The van der Waals surface area contributed by atoms with Crippen LogP contribution in [0.25, 0.3) is 10.2 Å². The molecule has 0 spiro atoms. The average Bonchev–Trinajstić information content (AvgIpc) is 2.97. The zero-order valence-corrected chi connectivity index (χ0v) is 17.8. The first-order valence-electron chi connectivity index (χ1n) is 9.20. The molecule has 1 amide bonds. The molecule has 0 N–H and O–H groups in total. The number of carbonyl (C=O) groups is 2. The molecule has 1 saturated heterocycles. The van der Waals surface area contributed by atoms with Gasteiger partial charge in [-0.05, 0) is 38.0 Å². The molecule has 0 radical (unpaired) electrons. The second kappa shape index (κ2) is 8.72. The highest BCUT2D eigenvalue weighted by molar-refractivity contribution is 7.88. The molecule has 2 heterocycles. The highest BCUT2D eigenvalue weighted by Crippen LogP contribution is 2.22. The van der Waals surface area contributed by atoms with E-state index in [-0.39, 0.29) is 24.5 Å². The van der Waals surface area contributed by atoms with Gasteiger partial charge in [-0.3, -0.25) is 9.59 Å². The van der Waals surface area contributed by atoms with Crippen molar-refractivity contribution < 1.29 is 27.1 Å². The SMILES string of the molecule is CCOC(=O)Cn1c(=NC(=O)C2CCCCN2S(C)(=O)=O)sc2cc(F)ccc21. The summed E-state index contributed by atoms with van der Waals surface area (Å²) in [5.74, 6) is -1.56. The van der Waals surface area contributed by atoms with E-state index < -0.39 is 33.8 Å². The van der Waals surface area contributed by atoms with Crippen molar-refractivity contribution in [1.82, 2.24) is 8.87 Å². The summed E-state index contributed by atoms with van der Waals surface area (Å²) in [5, 5.41) is 0. The predicted molar refractivity (Wildman–Crippen MR) is 106 cm³/mol. The molecule has 1 aromatic heterocycles. The summed E-state index contributed by atoms with van der Waals surface area (Å²) < 4.78 is 45.9. The van der Waals surface area contributed by atoms with Crippen LogP contribution in [0.2, 0.25) is 0 Å². The number of hydrogen-bond acceptors (Lipinski definition) is 6. The maximum absolute atomic E-state index is 13.6. The summed E-state index contributed by atoms with van der Waals surface area (Å²) in [4.78, 5) is 29.2. The Morgan fingerprint density at radius 2 is 2.10 bits per heavy atom. The van der Waals surface area contributed by atoms with Crippen molar-refractivity contribution in [1.29, 1.82) is 0 Å². The minimum absolute atomic E-state index is 0.188. The maximum atomic E-state index is 13.6. The molecular weight excluding hydrogens is 421 g/mol. The van der Waals surface area contributed by atoms with Gasteiger partial charge in [0.25, 0.3) is 5.91 Å². The van der Waals surface area contributed by atoms with Crippen molar-refractivity contribution >= 4 is 43.5 Å². The van der Waals surface area contributed by atoms with Gasteiger partial charge in [-0.25, -0.2) is 12.8 Å². The van der Waals surface area contributed by atoms with E-state index in [4.69, 9.17) is 4.74 Å². The van der Waals surface area contributed by atoms with Crippen LogP contribution in [0, 0.1) is 5.82 Å². The van der Waals surface area contributed by atoms with Gasteiger partial charge in [0.05, 0.1) is 23.1 Å². The van der Waals surface area contributed by atoms with Crippen molar-refractivity contribution in [3.8, 4) is 0 Å². The van der Waals surface area contributed by atoms with Gasteiger partial charge in [0.1, 0.15) is 18.4 Å². The molecule has 2 aromatic rings. The Hall–Kier alpha value is -2.11. The first kappa shape index (κ1) is 21.6. The number of nitrogens with zero attached hydrogens (tertiary/aromatic N) is 3. The smallest absolute Gasteiger partial charge is 0.326 e. The Kier molecular flexibility index (Phi) is 6.49. The van der Waals surface area contributed by atoms with Crippen molar-refractivity contribution in [2.45, 2.75) is 38.8 Å². The minimum atomic E-state index is -3.55. The second-order valence-electron chi connectivity index (χ2n) is 6.72. The van der Waals surface area contributed by atoms with Gasteiger partial charge in [0.15, 0.2) is 4.80 Å². The van der Waals surface area contributed by atoms with Crippen LogP contribution in [0.4, 0.5) is 4.39 Å². The van der Waals surface area contributed by atoms with E-state index in [2.05, 4.69) is 4.99 Å². The summed E-state index contributed by atoms with van der Waals surface area (Å²) in [6.45, 7) is 1.96. The average molecular weight is 444 g/mol. The highest BCUT2D eigenvalue weighted by atomic mass is 32.2. The Labute approximate surface area is 171 Å². The van der Waals surface area contributed by atoms with Gasteiger partial charge in [-0.15, -0.1) is 0 Å². The normalized spacial score (nSPS) is 18.9. The summed E-state index contributed by atoms with van der Waals surface area (Å²) >= 11 is 1.06. The van der Waals surface area contributed by atoms with Gasteiger partial charge in [0, 0.05) is 6.54 Å². The van der Waals surface area contributed by atoms with Crippen molar-refractivity contribution in [2.24, 2.45) is 4.99 Å². The zero-order chi connectivity index (χ0) is 21.2. The van der Waals surface area contributed by atoms with E-state index in [1.165, 1.54) is 27.1 Å². The fourth-order valence-corrected chi connectivity index (χ4v) is 5.52. The van der Waals surface area contributed by atoms with Crippen molar-refractivity contribution in [3.05, 3.63) is 28.8 Å². The molecule has 8 nitrogen and oxygen atoms in total. The molecule has 1 aromatic carbocycles. The van der Waals surface area contributed by atoms with Gasteiger partial charge >= 0.3 is 5.97 Å². The van der Waals surface area contributed by atoms with Crippen LogP contribution in [-0.2, 0) is 30.9 Å². The van der Waals surface area contributed by atoms with Gasteiger partial charge in [0.2, 0.25) is 10.0 Å². The lowest BCUT2D eigenvalue weighted by molar-refractivity contribution is -0.143. The molecule has 1 atom stereocenters. The summed E-state index contributed by atoms with van der Waals surface area (Å²) in [7, 11) is -3.55. The molecule has 1 fully saturated rings. The predicted octanol–water partition coefficient (Wildman–Crippen LogP) is 1.65. The van der Waals surface area contributed by atoms with E-state index >= 15 is 0 Å². The maximum Gasteiger partial charge on any atom is 0.326 e. The van der Waals surface area contributed by atoms with Crippen LogP contribution in [0.5, 0.6) is 0 Å². The number of thiazole rings is 1. The van der Waals surface area contributed by atoms with Crippen LogP contribution in [-0.4, -0.2) is 54.6 Å². The summed E-state index contributed by atoms with van der Waals surface area (Å²) in [5.41, 5.74) is 0.541. The third-order valence-corrected chi connectivity index (χ3v) is 6.94. The Morgan fingerprint density at radius 3 is 2.79 bits per heavy atom. The zero-order valence-electron chi connectivity index (χ0n) is 16.1. The largest absolute Gasteiger partial charge is 0.465 e. The molecule has 1 unspecified atom stereocenters. The molecule has 29 heavy (non-hydrogen) atoms. The number of sulfonamides is 1. The lowest BCUT2D eigenvalue weighted by Crippen LogP contribution is -2.47. The first-order chi connectivity index (χ1) is 13.7. The van der Waals surface area contributed by atoms with E-state index in [1.807, 2.05) is 0 Å². The quantitative estimate of drug-likeness (QED) is 0.655. The fourth-order valence-electron chi connectivity index (χ4n) is 3.34. The second-order valence-corrected chi connectivity index (χ2v) is 9.67. The number of benzene rings is 1. The number of halogens is 1.